The number of hydrogen-bond donors (Lipinski definition) is 2. The van der Waals surface area contributed by atoms with Crippen LogP contribution in [-0.2, 0) is 9.53 Å². The lowest BCUT2D eigenvalue weighted by molar-refractivity contribution is -0.118. The van der Waals surface area contributed by atoms with Gasteiger partial charge in [-0.05, 0) is 67.7 Å². The van der Waals surface area contributed by atoms with Gasteiger partial charge in [0.05, 0.1) is 18.8 Å². The van der Waals surface area contributed by atoms with Gasteiger partial charge in [-0.2, -0.15) is 11.8 Å². The van der Waals surface area contributed by atoms with Gasteiger partial charge >= 0.3 is 0 Å². The van der Waals surface area contributed by atoms with Crippen molar-refractivity contribution in [2.75, 3.05) is 37.6 Å². The van der Waals surface area contributed by atoms with Gasteiger partial charge in [0, 0.05) is 12.3 Å². The Labute approximate surface area is 193 Å². The molecule has 172 valence electrons. The zero-order chi connectivity index (χ0) is 22.8. The zero-order valence-corrected chi connectivity index (χ0v) is 19.3. The number of methoxy groups -OCH3 is 1. The van der Waals surface area contributed by atoms with E-state index in [9.17, 15) is 9.59 Å². The quantitative estimate of drug-likeness (QED) is 0.534. The van der Waals surface area contributed by atoms with E-state index in [1.807, 2.05) is 18.4 Å². The van der Waals surface area contributed by atoms with E-state index in [0.717, 1.165) is 31.0 Å². The Morgan fingerprint density at radius 2 is 1.97 bits per heavy atom. The molecule has 7 nitrogen and oxygen atoms in total. The van der Waals surface area contributed by atoms with Gasteiger partial charge < -0.3 is 24.8 Å². The number of benzene rings is 2. The molecule has 0 radical (unpaired) electrons. The Bertz CT molecular complexity index is 884. The minimum atomic E-state index is -0.671. The van der Waals surface area contributed by atoms with Gasteiger partial charge in [-0.3, -0.25) is 9.59 Å². The van der Waals surface area contributed by atoms with Gasteiger partial charge in [0.1, 0.15) is 24.1 Å². The van der Waals surface area contributed by atoms with Crippen LogP contribution in [0.3, 0.4) is 0 Å². The first-order chi connectivity index (χ1) is 15.6. The van der Waals surface area contributed by atoms with Crippen molar-refractivity contribution in [2.45, 2.75) is 31.4 Å². The number of hydrogen-bond acceptors (Lipinski definition) is 6. The SMILES string of the molecule is COc1ccccc1C(=O)NC(CCSC)C(=O)Nc1ccc(OCC2CCCO2)cc1. The molecule has 1 aliphatic heterocycles. The average molecular weight is 459 g/mol. The van der Waals surface area contributed by atoms with Gasteiger partial charge in [-0.15, -0.1) is 0 Å². The molecular formula is C24H30N2O5S. The highest BCUT2D eigenvalue weighted by molar-refractivity contribution is 7.98. The normalized spacial score (nSPS) is 16.2. The molecule has 1 fully saturated rings. The van der Waals surface area contributed by atoms with E-state index in [2.05, 4.69) is 10.6 Å². The van der Waals surface area contributed by atoms with Gasteiger partial charge in [0.2, 0.25) is 5.91 Å². The van der Waals surface area contributed by atoms with Crippen LogP contribution in [0.5, 0.6) is 11.5 Å². The molecular weight excluding hydrogens is 428 g/mol. The van der Waals surface area contributed by atoms with Crippen LogP contribution in [0.15, 0.2) is 48.5 Å². The Kier molecular flexibility index (Phi) is 9.25. The lowest BCUT2D eigenvalue weighted by Gasteiger charge is -2.19. The van der Waals surface area contributed by atoms with Crippen molar-refractivity contribution in [1.82, 2.24) is 5.32 Å². The standard InChI is InChI=1S/C24H30N2O5S/c1-29-22-8-4-3-7-20(22)23(27)26-21(13-15-32-2)24(28)25-17-9-11-18(12-10-17)31-16-19-6-5-14-30-19/h3-4,7-12,19,21H,5-6,13-16H2,1-2H3,(H,25,28)(H,26,27). The number of ether oxygens (including phenoxy) is 3. The predicted octanol–water partition coefficient (Wildman–Crippen LogP) is 3.74. The molecule has 1 aliphatic rings. The minimum absolute atomic E-state index is 0.151. The van der Waals surface area contributed by atoms with E-state index in [-0.39, 0.29) is 17.9 Å². The number of para-hydroxylation sites is 1. The van der Waals surface area contributed by atoms with Crippen LogP contribution in [0.25, 0.3) is 0 Å². The third-order valence-corrected chi connectivity index (χ3v) is 5.81. The fraction of sp³-hybridized carbons (Fsp3) is 0.417. The molecule has 2 aromatic carbocycles. The van der Waals surface area contributed by atoms with Crippen molar-refractivity contribution in [3.05, 3.63) is 54.1 Å². The molecule has 0 aromatic heterocycles. The first-order valence-corrected chi connectivity index (χ1v) is 12.1. The molecule has 2 unspecified atom stereocenters. The van der Waals surface area contributed by atoms with Crippen LogP contribution in [0.4, 0.5) is 5.69 Å². The smallest absolute Gasteiger partial charge is 0.255 e. The Hall–Kier alpha value is -2.71. The molecule has 2 N–H and O–H groups in total. The van der Waals surface area contributed by atoms with Crippen LogP contribution >= 0.6 is 11.8 Å². The van der Waals surface area contributed by atoms with Crippen molar-refractivity contribution in [1.29, 1.82) is 0 Å². The monoisotopic (exact) mass is 458 g/mol. The Balaban J connectivity index is 1.59. The molecule has 2 aromatic rings. The first kappa shape index (κ1) is 23.9. The summed E-state index contributed by atoms with van der Waals surface area (Å²) in [6.07, 6.45) is 4.72. The van der Waals surface area contributed by atoms with Gasteiger partial charge in [0.25, 0.3) is 5.91 Å². The predicted molar refractivity (Wildman–Crippen MR) is 127 cm³/mol. The maximum absolute atomic E-state index is 12.9. The average Bonchev–Trinajstić information content (AvgIpc) is 3.34. The second-order valence-electron chi connectivity index (χ2n) is 7.47. The van der Waals surface area contributed by atoms with Crippen LogP contribution < -0.4 is 20.1 Å². The number of carbonyl (C=O) groups is 2. The Morgan fingerprint density at radius 3 is 2.66 bits per heavy atom. The lowest BCUT2D eigenvalue weighted by atomic mass is 10.1. The number of carbonyl (C=O) groups excluding carboxylic acids is 2. The molecule has 3 rings (SSSR count). The third-order valence-electron chi connectivity index (χ3n) is 5.17. The number of rotatable bonds is 11. The second kappa shape index (κ2) is 12.4. The van der Waals surface area contributed by atoms with E-state index in [4.69, 9.17) is 14.2 Å². The molecule has 0 bridgehead atoms. The molecule has 8 heteroatoms. The van der Waals surface area contributed by atoms with Crippen molar-refractivity contribution in [3.8, 4) is 11.5 Å². The summed E-state index contributed by atoms with van der Waals surface area (Å²) in [7, 11) is 1.51. The van der Waals surface area contributed by atoms with E-state index in [1.165, 1.54) is 7.11 Å². The second-order valence-corrected chi connectivity index (χ2v) is 8.45. The molecule has 1 heterocycles. The summed E-state index contributed by atoms with van der Waals surface area (Å²) >= 11 is 1.62. The minimum Gasteiger partial charge on any atom is -0.496 e. The highest BCUT2D eigenvalue weighted by Crippen LogP contribution is 2.20. The summed E-state index contributed by atoms with van der Waals surface area (Å²) in [6.45, 7) is 1.32. The summed E-state index contributed by atoms with van der Waals surface area (Å²) in [5.41, 5.74) is 1.03. The van der Waals surface area contributed by atoms with Gasteiger partial charge in [0.15, 0.2) is 0 Å². The fourth-order valence-corrected chi connectivity index (χ4v) is 3.87. The largest absolute Gasteiger partial charge is 0.496 e. The topological polar surface area (TPSA) is 85.9 Å². The van der Waals surface area contributed by atoms with Crippen LogP contribution in [0.2, 0.25) is 0 Å². The van der Waals surface area contributed by atoms with Crippen molar-refractivity contribution < 1.29 is 23.8 Å². The molecule has 0 spiro atoms. The summed E-state index contributed by atoms with van der Waals surface area (Å²) < 4.78 is 16.6. The molecule has 0 saturated carbocycles. The molecule has 32 heavy (non-hydrogen) atoms. The first-order valence-electron chi connectivity index (χ1n) is 10.7. The van der Waals surface area contributed by atoms with Crippen LogP contribution in [0.1, 0.15) is 29.6 Å². The lowest BCUT2D eigenvalue weighted by Crippen LogP contribution is -2.44. The fourth-order valence-electron chi connectivity index (χ4n) is 3.40. The van der Waals surface area contributed by atoms with Crippen LogP contribution in [-0.4, -0.2) is 56.3 Å². The molecule has 2 atom stereocenters. The van der Waals surface area contributed by atoms with E-state index in [1.54, 1.807) is 48.2 Å². The summed E-state index contributed by atoms with van der Waals surface area (Å²) in [6, 6.07) is 13.5. The number of anilines is 1. The molecule has 2 amide bonds. The maximum atomic E-state index is 12.9. The molecule has 1 saturated heterocycles. The van der Waals surface area contributed by atoms with Gasteiger partial charge in [-0.25, -0.2) is 0 Å². The van der Waals surface area contributed by atoms with E-state index < -0.39 is 6.04 Å². The third kappa shape index (κ3) is 6.90. The summed E-state index contributed by atoms with van der Waals surface area (Å²) in [5, 5.41) is 5.73. The Morgan fingerprint density at radius 1 is 1.19 bits per heavy atom. The number of thioether (sulfide) groups is 1. The van der Waals surface area contributed by atoms with Gasteiger partial charge in [-0.1, -0.05) is 12.1 Å². The van der Waals surface area contributed by atoms with E-state index >= 15 is 0 Å². The van der Waals surface area contributed by atoms with E-state index in [0.29, 0.717) is 30.0 Å². The maximum Gasteiger partial charge on any atom is 0.255 e. The summed E-state index contributed by atoms with van der Waals surface area (Å²) in [5.74, 6) is 1.31. The number of nitrogens with one attached hydrogen (secondary N) is 2. The summed E-state index contributed by atoms with van der Waals surface area (Å²) in [4.78, 5) is 25.7. The highest BCUT2D eigenvalue weighted by Gasteiger charge is 2.23. The van der Waals surface area contributed by atoms with Crippen molar-refractivity contribution in [3.63, 3.8) is 0 Å². The number of amides is 2. The highest BCUT2D eigenvalue weighted by atomic mass is 32.2. The van der Waals surface area contributed by atoms with Crippen molar-refractivity contribution in [2.24, 2.45) is 0 Å². The zero-order valence-electron chi connectivity index (χ0n) is 18.5. The molecule has 0 aliphatic carbocycles. The van der Waals surface area contributed by atoms with Crippen molar-refractivity contribution >= 4 is 29.3 Å². The van der Waals surface area contributed by atoms with Crippen LogP contribution in [0, 0.1) is 0 Å².